The van der Waals surface area contributed by atoms with Gasteiger partial charge in [-0.25, -0.2) is 9.50 Å². The SMILES string of the molecule is CC(C)(C)c1c[nH]n2c(=O)cc(CN)nc12. The zero-order chi connectivity index (χ0) is 11.9. The maximum atomic E-state index is 11.7. The largest absolute Gasteiger partial charge is 0.325 e. The third-order valence-corrected chi connectivity index (χ3v) is 2.57. The minimum absolute atomic E-state index is 0.0576. The highest BCUT2D eigenvalue weighted by Crippen LogP contribution is 2.24. The monoisotopic (exact) mass is 220 g/mol. The van der Waals surface area contributed by atoms with Gasteiger partial charge in [-0.05, 0) is 5.41 Å². The summed E-state index contributed by atoms with van der Waals surface area (Å²) in [7, 11) is 0. The van der Waals surface area contributed by atoms with Gasteiger partial charge in [0.2, 0.25) is 0 Å². The summed E-state index contributed by atoms with van der Waals surface area (Å²) in [6.07, 6.45) is 1.82. The molecule has 2 heterocycles. The highest BCUT2D eigenvalue weighted by atomic mass is 16.1. The van der Waals surface area contributed by atoms with E-state index < -0.39 is 0 Å². The predicted molar refractivity (Wildman–Crippen MR) is 62.4 cm³/mol. The number of aromatic amines is 1. The molecule has 2 rings (SSSR count). The molecule has 0 saturated carbocycles. The van der Waals surface area contributed by atoms with Crippen LogP contribution in [-0.4, -0.2) is 14.6 Å². The highest BCUT2D eigenvalue weighted by molar-refractivity contribution is 5.50. The maximum absolute atomic E-state index is 11.7. The number of rotatable bonds is 1. The maximum Gasteiger partial charge on any atom is 0.272 e. The summed E-state index contributed by atoms with van der Waals surface area (Å²) < 4.78 is 1.44. The van der Waals surface area contributed by atoms with E-state index in [2.05, 4.69) is 30.9 Å². The summed E-state index contributed by atoms with van der Waals surface area (Å²) in [5, 5.41) is 2.92. The number of nitrogens with one attached hydrogen (secondary N) is 1. The fourth-order valence-electron chi connectivity index (χ4n) is 1.69. The standard InChI is InChI=1S/C11H16N4O/c1-11(2,3)8-6-13-15-9(16)4-7(5-12)14-10(8)15/h4,6,13H,5,12H2,1-3H3. The van der Waals surface area contributed by atoms with Crippen LogP contribution in [0.1, 0.15) is 32.0 Å². The molecule has 16 heavy (non-hydrogen) atoms. The van der Waals surface area contributed by atoms with Crippen LogP contribution >= 0.6 is 0 Å². The van der Waals surface area contributed by atoms with Crippen LogP contribution in [0, 0.1) is 0 Å². The Morgan fingerprint density at radius 2 is 2.19 bits per heavy atom. The third kappa shape index (κ3) is 1.63. The molecule has 0 amide bonds. The van der Waals surface area contributed by atoms with Crippen molar-refractivity contribution in [1.29, 1.82) is 0 Å². The van der Waals surface area contributed by atoms with Crippen molar-refractivity contribution in [3.8, 4) is 0 Å². The Hall–Kier alpha value is -1.62. The molecule has 3 N–H and O–H groups in total. The highest BCUT2D eigenvalue weighted by Gasteiger charge is 2.20. The van der Waals surface area contributed by atoms with Crippen molar-refractivity contribution in [3.63, 3.8) is 0 Å². The summed E-state index contributed by atoms with van der Waals surface area (Å²) in [5.41, 5.74) is 7.64. The van der Waals surface area contributed by atoms with Gasteiger partial charge in [0.1, 0.15) is 0 Å². The van der Waals surface area contributed by atoms with E-state index >= 15 is 0 Å². The lowest BCUT2D eigenvalue weighted by molar-refractivity contribution is 0.594. The molecule has 0 spiro atoms. The van der Waals surface area contributed by atoms with Gasteiger partial charge in [0.25, 0.3) is 5.56 Å². The molecule has 0 atom stereocenters. The van der Waals surface area contributed by atoms with Crippen LogP contribution < -0.4 is 11.3 Å². The molecule has 0 saturated heterocycles. The van der Waals surface area contributed by atoms with E-state index in [0.717, 1.165) is 5.56 Å². The van der Waals surface area contributed by atoms with E-state index in [0.29, 0.717) is 11.3 Å². The van der Waals surface area contributed by atoms with Crippen LogP contribution in [0.4, 0.5) is 0 Å². The van der Waals surface area contributed by atoms with Crippen LogP contribution in [0.3, 0.4) is 0 Å². The fraction of sp³-hybridized carbons (Fsp3) is 0.455. The molecule has 0 bridgehead atoms. The van der Waals surface area contributed by atoms with Crippen molar-refractivity contribution in [1.82, 2.24) is 14.6 Å². The minimum Gasteiger partial charge on any atom is -0.325 e. The average Bonchev–Trinajstić information content (AvgIpc) is 2.60. The van der Waals surface area contributed by atoms with E-state index in [9.17, 15) is 4.79 Å². The first kappa shape index (κ1) is 10.9. The summed E-state index contributed by atoms with van der Waals surface area (Å²) in [6.45, 7) is 6.52. The lowest BCUT2D eigenvalue weighted by atomic mass is 9.89. The van der Waals surface area contributed by atoms with Gasteiger partial charge in [-0.1, -0.05) is 20.8 Å². The number of fused-ring (bicyclic) bond motifs is 1. The first-order valence-corrected chi connectivity index (χ1v) is 5.24. The van der Waals surface area contributed by atoms with E-state index in [1.807, 2.05) is 6.20 Å². The van der Waals surface area contributed by atoms with Crippen LogP contribution in [0.15, 0.2) is 17.1 Å². The summed E-state index contributed by atoms with van der Waals surface area (Å²) >= 11 is 0. The van der Waals surface area contributed by atoms with E-state index in [1.165, 1.54) is 10.6 Å². The van der Waals surface area contributed by atoms with Crippen LogP contribution in [-0.2, 0) is 12.0 Å². The Morgan fingerprint density at radius 3 is 2.75 bits per heavy atom. The third-order valence-electron chi connectivity index (χ3n) is 2.57. The quantitative estimate of drug-likeness (QED) is 0.745. The predicted octanol–water partition coefficient (Wildman–Crippen LogP) is 0.779. The lowest BCUT2D eigenvalue weighted by Gasteiger charge is -2.16. The molecule has 0 fully saturated rings. The van der Waals surface area contributed by atoms with Gasteiger partial charge >= 0.3 is 0 Å². The zero-order valence-corrected chi connectivity index (χ0v) is 9.74. The van der Waals surface area contributed by atoms with Crippen molar-refractivity contribution in [2.75, 3.05) is 0 Å². The smallest absolute Gasteiger partial charge is 0.272 e. The molecule has 0 aliphatic carbocycles. The number of aromatic nitrogens is 3. The summed E-state index contributed by atoms with van der Waals surface area (Å²) in [6, 6.07) is 1.45. The van der Waals surface area contributed by atoms with Gasteiger partial charge in [-0.3, -0.25) is 9.89 Å². The fourth-order valence-corrected chi connectivity index (χ4v) is 1.69. The first-order chi connectivity index (χ1) is 7.43. The molecule has 2 aromatic rings. The molecule has 0 aliphatic heterocycles. The molecule has 86 valence electrons. The van der Waals surface area contributed by atoms with Gasteiger partial charge in [0.15, 0.2) is 5.65 Å². The van der Waals surface area contributed by atoms with E-state index in [4.69, 9.17) is 5.73 Å². The van der Waals surface area contributed by atoms with Gasteiger partial charge < -0.3 is 5.73 Å². The van der Waals surface area contributed by atoms with Crippen molar-refractivity contribution >= 4 is 5.65 Å². The van der Waals surface area contributed by atoms with Crippen molar-refractivity contribution < 1.29 is 0 Å². The van der Waals surface area contributed by atoms with Crippen LogP contribution in [0.25, 0.3) is 5.65 Å². The van der Waals surface area contributed by atoms with Gasteiger partial charge in [-0.15, -0.1) is 0 Å². The molecule has 5 nitrogen and oxygen atoms in total. The molecule has 0 radical (unpaired) electrons. The molecule has 0 aliphatic rings. The number of hydrogen-bond donors (Lipinski definition) is 2. The molecular formula is C11H16N4O. The second-order valence-corrected chi connectivity index (χ2v) is 4.89. The molecular weight excluding hydrogens is 204 g/mol. The summed E-state index contributed by atoms with van der Waals surface area (Å²) in [5.74, 6) is 0. The van der Waals surface area contributed by atoms with Crippen LogP contribution in [0.2, 0.25) is 0 Å². The number of hydrogen-bond acceptors (Lipinski definition) is 3. The van der Waals surface area contributed by atoms with Gasteiger partial charge in [-0.2, -0.15) is 0 Å². The normalized spacial score (nSPS) is 12.2. The Morgan fingerprint density at radius 1 is 1.50 bits per heavy atom. The molecule has 0 aromatic carbocycles. The van der Waals surface area contributed by atoms with Crippen molar-refractivity contribution in [2.45, 2.75) is 32.7 Å². The second kappa shape index (κ2) is 3.45. The lowest BCUT2D eigenvalue weighted by Crippen LogP contribution is -2.19. The Labute approximate surface area is 93.3 Å². The van der Waals surface area contributed by atoms with Gasteiger partial charge in [0, 0.05) is 24.4 Å². The Balaban J connectivity index is 2.81. The minimum atomic E-state index is -0.124. The summed E-state index contributed by atoms with van der Waals surface area (Å²) in [4.78, 5) is 16.1. The van der Waals surface area contributed by atoms with Crippen molar-refractivity contribution in [2.24, 2.45) is 5.73 Å². The van der Waals surface area contributed by atoms with Gasteiger partial charge in [0.05, 0.1) is 5.69 Å². The topological polar surface area (TPSA) is 76.2 Å². The molecule has 2 aromatic heterocycles. The number of nitrogens with two attached hydrogens (primary N) is 1. The second-order valence-electron chi connectivity index (χ2n) is 4.89. The van der Waals surface area contributed by atoms with Crippen molar-refractivity contribution in [3.05, 3.63) is 33.9 Å². The Kier molecular flexibility index (Phi) is 2.35. The van der Waals surface area contributed by atoms with Crippen LogP contribution in [0.5, 0.6) is 0 Å². The first-order valence-electron chi connectivity index (χ1n) is 5.24. The Bertz CT molecular complexity index is 574. The number of nitrogens with zero attached hydrogens (tertiary/aromatic N) is 2. The van der Waals surface area contributed by atoms with E-state index in [1.54, 1.807) is 0 Å². The number of H-pyrrole nitrogens is 1. The molecule has 5 heteroatoms. The average molecular weight is 220 g/mol. The zero-order valence-electron chi connectivity index (χ0n) is 9.74. The molecule has 0 unspecified atom stereocenters. The van der Waals surface area contributed by atoms with E-state index in [-0.39, 0.29) is 17.5 Å².